The number of nitrogens with one attached hydrogen (secondary N) is 1. The van der Waals surface area contributed by atoms with E-state index in [4.69, 9.17) is 9.47 Å². The number of ether oxygens (including phenoxy) is 2. The first-order chi connectivity index (χ1) is 7.85. The number of rotatable bonds is 4. The fraction of sp³-hybridized carbons (Fsp3) is 0.538. The molecule has 3 heteroatoms. The average molecular weight is 221 g/mol. The Morgan fingerprint density at radius 1 is 1.38 bits per heavy atom. The summed E-state index contributed by atoms with van der Waals surface area (Å²) in [5.74, 6) is 1.65. The molecular formula is C13H19NO2. The van der Waals surface area contributed by atoms with Gasteiger partial charge in [0.2, 0.25) is 0 Å². The van der Waals surface area contributed by atoms with Crippen LogP contribution in [0.25, 0.3) is 0 Å². The maximum atomic E-state index is 5.58. The lowest BCUT2D eigenvalue weighted by Gasteiger charge is -2.14. The monoisotopic (exact) mass is 221 g/mol. The van der Waals surface area contributed by atoms with E-state index >= 15 is 0 Å². The molecule has 0 aliphatic carbocycles. The van der Waals surface area contributed by atoms with Crippen molar-refractivity contribution in [3.05, 3.63) is 23.8 Å². The van der Waals surface area contributed by atoms with Crippen molar-refractivity contribution >= 4 is 0 Å². The van der Waals surface area contributed by atoms with Crippen molar-refractivity contribution in [1.29, 1.82) is 0 Å². The van der Waals surface area contributed by atoms with Gasteiger partial charge in [-0.25, -0.2) is 0 Å². The van der Waals surface area contributed by atoms with Crippen LogP contribution in [-0.4, -0.2) is 20.3 Å². The number of hydrogen-bond acceptors (Lipinski definition) is 3. The van der Waals surface area contributed by atoms with Crippen molar-refractivity contribution in [2.24, 2.45) is 0 Å². The topological polar surface area (TPSA) is 30.5 Å². The second-order valence-electron chi connectivity index (χ2n) is 3.99. The standard InChI is InChI=1S/C13H19NO2/c1-3-16-13-9-10(6-7-12(13)15-2)11-5-4-8-14-11/h6-7,9,11,14H,3-5,8H2,1-2H3/t11-/m1/s1. The maximum Gasteiger partial charge on any atom is 0.161 e. The Kier molecular flexibility index (Phi) is 3.67. The zero-order valence-corrected chi connectivity index (χ0v) is 9.95. The van der Waals surface area contributed by atoms with Crippen LogP contribution in [0.5, 0.6) is 11.5 Å². The molecule has 1 aromatic rings. The van der Waals surface area contributed by atoms with Gasteiger partial charge in [0.15, 0.2) is 11.5 Å². The Balaban J connectivity index is 2.23. The molecule has 0 unspecified atom stereocenters. The summed E-state index contributed by atoms with van der Waals surface area (Å²) in [6.45, 7) is 3.76. The minimum atomic E-state index is 0.477. The van der Waals surface area contributed by atoms with Crippen molar-refractivity contribution in [2.75, 3.05) is 20.3 Å². The lowest BCUT2D eigenvalue weighted by atomic mass is 10.0. The summed E-state index contributed by atoms with van der Waals surface area (Å²) in [6.07, 6.45) is 2.46. The van der Waals surface area contributed by atoms with Crippen LogP contribution >= 0.6 is 0 Å². The van der Waals surface area contributed by atoms with Crippen LogP contribution in [0.3, 0.4) is 0 Å². The molecule has 0 spiro atoms. The molecule has 0 bridgehead atoms. The second-order valence-corrected chi connectivity index (χ2v) is 3.99. The molecule has 88 valence electrons. The first-order valence-electron chi connectivity index (χ1n) is 5.89. The Labute approximate surface area is 96.8 Å². The Hall–Kier alpha value is -1.22. The normalized spacial score (nSPS) is 19.8. The molecule has 0 amide bonds. The van der Waals surface area contributed by atoms with Gasteiger partial charge in [-0.05, 0) is 44.0 Å². The highest BCUT2D eigenvalue weighted by Crippen LogP contribution is 2.32. The third-order valence-corrected chi connectivity index (χ3v) is 2.95. The summed E-state index contributed by atoms with van der Waals surface area (Å²) >= 11 is 0. The third kappa shape index (κ3) is 2.30. The smallest absolute Gasteiger partial charge is 0.161 e. The van der Waals surface area contributed by atoms with Gasteiger partial charge in [-0.2, -0.15) is 0 Å². The zero-order chi connectivity index (χ0) is 11.4. The summed E-state index contributed by atoms with van der Waals surface area (Å²) in [7, 11) is 1.67. The quantitative estimate of drug-likeness (QED) is 0.847. The van der Waals surface area contributed by atoms with Crippen LogP contribution in [0.15, 0.2) is 18.2 Å². The molecule has 1 aliphatic heterocycles. The minimum Gasteiger partial charge on any atom is -0.493 e. The van der Waals surface area contributed by atoms with E-state index in [2.05, 4.69) is 17.4 Å². The Bertz CT molecular complexity index is 346. The highest BCUT2D eigenvalue weighted by Gasteiger charge is 2.17. The first-order valence-corrected chi connectivity index (χ1v) is 5.89. The van der Waals surface area contributed by atoms with Crippen LogP contribution < -0.4 is 14.8 Å². The Morgan fingerprint density at radius 2 is 2.25 bits per heavy atom. The van der Waals surface area contributed by atoms with Gasteiger partial charge in [-0.15, -0.1) is 0 Å². The van der Waals surface area contributed by atoms with Gasteiger partial charge in [0.25, 0.3) is 0 Å². The van der Waals surface area contributed by atoms with Crippen molar-refractivity contribution in [3.63, 3.8) is 0 Å². The molecule has 0 saturated carbocycles. The summed E-state index contributed by atoms with van der Waals surface area (Å²) in [6, 6.07) is 6.67. The van der Waals surface area contributed by atoms with Gasteiger partial charge in [0.1, 0.15) is 0 Å². The SMILES string of the molecule is CCOc1cc([C@H]2CCCN2)ccc1OC. The second kappa shape index (κ2) is 5.21. The van der Waals surface area contributed by atoms with E-state index in [1.165, 1.54) is 18.4 Å². The van der Waals surface area contributed by atoms with Gasteiger partial charge in [0.05, 0.1) is 13.7 Å². The molecule has 0 radical (unpaired) electrons. The summed E-state index contributed by atoms with van der Waals surface area (Å²) < 4.78 is 10.8. The van der Waals surface area contributed by atoms with Crippen LogP contribution in [0, 0.1) is 0 Å². The van der Waals surface area contributed by atoms with Gasteiger partial charge in [-0.3, -0.25) is 0 Å². The fourth-order valence-electron chi connectivity index (χ4n) is 2.15. The number of methoxy groups -OCH3 is 1. The van der Waals surface area contributed by atoms with Gasteiger partial charge in [0, 0.05) is 6.04 Å². The number of benzene rings is 1. The third-order valence-electron chi connectivity index (χ3n) is 2.95. The van der Waals surface area contributed by atoms with E-state index in [0.717, 1.165) is 18.0 Å². The van der Waals surface area contributed by atoms with E-state index in [1.807, 2.05) is 13.0 Å². The molecule has 1 saturated heterocycles. The predicted molar refractivity (Wildman–Crippen MR) is 64.1 cm³/mol. The maximum absolute atomic E-state index is 5.58. The van der Waals surface area contributed by atoms with Crippen LogP contribution in [-0.2, 0) is 0 Å². The molecule has 1 fully saturated rings. The molecule has 1 atom stereocenters. The van der Waals surface area contributed by atoms with E-state index in [0.29, 0.717) is 12.6 Å². The van der Waals surface area contributed by atoms with Crippen molar-refractivity contribution in [3.8, 4) is 11.5 Å². The predicted octanol–water partition coefficient (Wildman–Crippen LogP) is 2.52. The van der Waals surface area contributed by atoms with Crippen molar-refractivity contribution < 1.29 is 9.47 Å². The average Bonchev–Trinajstić information content (AvgIpc) is 2.83. The lowest BCUT2D eigenvalue weighted by Crippen LogP contribution is -2.13. The van der Waals surface area contributed by atoms with E-state index in [9.17, 15) is 0 Å². The number of hydrogen-bond donors (Lipinski definition) is 1. The zero-order valence-electron chi connectivity index (χ0n) is 9.95. The van der Waals surface area contributed by atoms with E-state index in [1.54, 1.807) is 7.11 Å². The summed E-state index contributed by atoms with van der Waals surface area (Å²) in [5, 5.41) is 3.48. The van der Waals surface area contributed by atoms with E-state index in [-0.39, 0.29) is 0 Å². The lowest BCUT2D eigenvalue weighted by molar-refractivity contribution is 0.310. The fourth-order valence-corrected chi connectivity index (χ4v) is 2.15. The van der Waals surface area contributed by atoms with Gasteiger partial charge >= 0.3 is 0 Å². The van der Waals surface area contributed by atoms with E-state index < -0.39 is 0 Å². The van der Waals surface area contributed by atoms with Crippen LogP contribution in [0.4, 0.5) is 0 Å². The van der Waals surface area contributed by atoms with Gasteiger partial charge < -0.3 is 14.8 Å². The minimum absolute atomic E-state index is 0.477. The molecule has 3 nitrogen and oxygen atoms in total. The molecular weight excluding hydrogens is 202 g/mol. The molecule has 16 heavy (non-hydrogen) atoms. The molecule has 1 aromatic carbocycles. The molecule has 2 rings (SSSR count). The van der Waals surface area contributed by atoms with Gasteiger partial charge in [-0.1, -0.05) is 6.07 Å². The van der Waals surface area contributed by atoms with Crippen LogP contribution in [0.2, 0.25) is 0 Å². The largest absolute Gasteiger partial charge is 0.493 e. The first kappa shape index (κ1) is 11.3. The Morgan fingerprint density at radius 3 is 2.88 bits per heavy atom. The molecule has 0 aromatic heterocycles. The molecule has 1 N–H and O–H groups in total. The highest BCUT2D eigenvalue weighted by molar-refractivity contribution is 5.44. The van der Waals surface area contributed by atoms with Crippen LogP contribution in [0.1, 0.15) is 31.4 Å². The van der Waals surface area contributed by atoms with Crippen molar-refractivity contribution in [2.45, 2.75) is 25.8 Å². The summed E-state index contributed by atoms with van der Waals surface area (Å²) in [5.41, 5.74) is 1.29. The molecule has 1 heterocycles. The molecule has 1 aliphatic rings. The van der Waals surface area contributed by atoms with Crippen molar-refractivity contribution in [1.82, 2.24) is 5.32 Å². The summed E-state index contributed by atoms with van der Waals surface area (Å²) in [4.78, 5) is 0. The highest BCUT2D eigenvalue weighted by atomic mass is 16.5.